The molecule has 0 fully saturated rings. The van der Waals surface area contributed by atoms with Crippen LogP contribution in [-0.2, 0) is 24.7 Å². The first-order chi connectivity index (χ1) is 6.14. The summed E-state index contributed by atoms with van der Waals surface area (Å²) >= 11 is 1.61. The van der Waals surface area contributed by atoms with Crippen LogP contribution in [0.1, 0.15) is 27.7 Å². The van der Waals surface area contributed by atoms with Crippen molar-refractivity contribution in [1.29, 1.82) is 0 Å². The average Bonchev–Trinajstić information content (AvgIpc) is 2.21. The van der Waals surface area contributed by atoms with E-state index in [-0.39, 0.29) is 37.2 Å². The molecule has 17 heavy (non-hydrogen) atoms. The third-order valence-electron chi connectivity index (χ3n) is 4.25. The number of allylic oxidation sites excluding steroid dienone is 4. The summed E-state index contributed by atoms with van der Waals surface area (Å²) in [5.74, 6) is 0. The molecule has 5 heteroatoms. The Morgan fingerprint density at radius 2 is 1.24 bits per heavy atom. The van der Waals surface area contributed by atoms with Gasteiger partial charge in [0.2, 0.25) is 0 Å². The first kappa shape index (κ1) is 23.5. The minimum absolute atomic E-state index is 0. The maximum absolute atomic E-state index is 2.49. The smallest absolute Gasteiger partial charge is 0.147 e. The molecule has 101 valence electrons. The molecule has 0 bridgehead atoms. The van der Waals surface area contributed by atoms with E-state index in [2.05, 4.69) is 47.3 Å². The summed E-state index contributed by atoms with van der Waals surface area (Å²) in [6.07, 6.45) is 0. The Bertz CT molecular complexity index is 316. The first-order valence-corrected chi connectivity index (χ1v) is 9.98. The number of hydrogen-bond donors (Lipinski definition) is 0. The quantitative estimate of drug-likeness (QED) is 0.514. The Labute approximate surface area is 141 Å². The van der Waals surface area contributed by atoms with Gasteiger partial charge in [-0.2, -0.15) is 0 Å². The summed E-state index contributed by atoms with van der Waals surface area (Å²) in [5, 5.41) is 0.430. The monoisotopic (exact) mass is 391 g/mol. The van der Waals surface area contributed by atoms with E-state index in [1.165, 1.54) is 0 Å². The van der Waals surface area contributed by atoms with E-state index in [0.29, 0.717) is 5.04 Å². The van der Waals surface area contributed by atoms with Gasteiger partial charge in [-0.3, -0.25) is 0 Å². The van der Waals surface area contributed by atoms with Gasteiger partial charge in [0.05, 0.1) is 0 Å². The maximum Gasteiger partial charge on any atom is -0.147 e. The van der Waals surface area contributed by atoms with Crippen molar-refractivity contribution in [3.63, 3.8) is 0 Å². The van der Waals surface area contributed by atoms with E-state index in [4.69, 9.17) is 0 Å². The summed E-state index contributed by atoms with van der Waals surface area (Å²) in [7, 11) is -1.15. The number of halogens is 3. The fourth-order valence-corrected chi connectivity index (χ4v) is 8.28. The fourth-order valence-electron chi connectivity index (χ4n) is 2.34. The number of hydrogen-bond acceptors (Lipinski definition) is 0. The molecule has 0 aromatic carbocycles. The van der Waals surface area contributed by atoms with Crippen molar-refractivity contribution in [2.24, 2.45) is 0 Å². The molecule has 0 radical (unpaired) electrons. The van der Waals surface area contributed by atoms with E-state index < -0.39 is 8.07 Å². The van der Waals surface area contributed by atoms with E-state index >= 15 is 0 Å². The van der Waals surface area contributed by atoms with E-state index in [1.807, 2.05) is 0 Å². The second-order valence-electron chi connectivity index (χ2n) is 5.62. The van der Waals surface area contributed by atoms with Gasteiger partial charge < -0.3 is 0 Å². The molecule has 0 nitrogen and oxygen atoms in total. The SMILES string of the molecule is CC1=C(C)C(C)([Si](C)(C)C)[C]([Zr])=C1C.Cl.Cl.Cl. The topological polar surface area (TPSA) is 0 Å². The van der Waals surface area contributed by atoms with Crippen LogP contribution in [0.4, 0.5) is 0 Å². The van der Waals surface area contributed by atoms with Crippen LogP contribution in [0.3, 0.4) is 0 Å². The molecule has 0 aromatic heterocycles. The summed E-state index contributed by atoms with van der Waals surface area (Å²) < 4.78 is 1.71. The molecule has 0 spiro atoms. The molecule has 1 rings (SSSR count). The minimum atomic E-state index is -1.15. The molecule has 1 unspecified atom stereocenters. The van der Waals surface area contributed by atoms with Gasteiger partial charge in [-0.25, -0.2) is 0 Å². The van der Waals surface area contributed by atoms with Gasteiger partial charge in [-0.15, -0.1) is 37.2 Å². The molecule has 0 heterocycles. The van der Waals surface area contributed by atoms with Crippen LogP contribution in [0.2, 0.25) is 24.7 Å². The summed E-state index contributed by atoms with van der Waals surface area (Å²) in [6, 6.07) is 0. The molecular formula is C12H24Cl3SiZr. The third kappa shape index (κ3) is 3.51. The number of rotatable bonds is 1. The van der Waals surface area contributed by atoms with Crippen molar-refractivity contribution in [2.75, 3.05) is 0 Å². The van der Waals surface area contributed by atoms with Gasteiger partial charge in [0, 0.05) is 0 Å². The normalized spacial score (nSPS) is 23.9. The van der Waals surface area contributed by atoms with Crippen LogP contribution in [0.15, 0.2) is 20.0 Å². The van der Waals surface area contributed by atoms with Gasteiger partial charge in [0.25, 0.3) is 0 Å². The van der Waals surface area contributed by atoms with Crippen LogP contribution in [0, 0.1) is 0 Å². The molecular weight excluding hydrogens is 370 g/mol. The van der Waals surface area contributed by atoms with Gasteiger partial charge in [-0.05, 0) is 0 Å². The molecule has 0 amide bonds. The third-order valence-corrected chi connectivity index (χ3v) is 10.6. The Morgan fingerprint density at radius 3 is 1.35 bits per heavy atom. The Kier molecular flexibility index (Phi) is 10.1. The predicted octanol–water partition coefficient (Wildman–Crippen LogP) is 5.52. The Hall–Kier alpha value is 1.45. The Morgan fingerprint density at radius 1 is 0.882 bits per heavy atom. The van der Waals surface area contributed by atoms with Crippen LogP contribution in [-0.4, -0.2) is 8.07 Å². The van der Waals surface area contributed by atoms with E-state index in [0.717, 1.165) is 0 Å². The van der Waals surface area contributed by atoms with Gasteiger partial charge in [0.1, 0.15) is 0 Å². The van der Waals surface area contributed by atoms with Crippen LogP contribution >= 0.6 is 37.2 Å². The zero-order valence-corrected chi connectivity index (χ0v) is 17.6. The Balaban J connectivity index is -0.000000653. The molecule has 1 aliphatic carbocycles. The standard InChI is InChI=1S/C12H21Si.3ClH.Zr/c1-9-8-12(4,13(5,6)7)11(3)10(9)2;;;;/h1-7H3;3*1H;. The zero-order valence-electron chi connectivity index (χ0n) is 11.7. The molecule has 1 atom stereocenters. The summed E-state index contributed by atoms with van der Waals surface area (Å²) in [6.45, 7) is 16.9. The molecule has 0 saturated carbocycles. The zero-order chi connectivity index (χ0) is 11.3. The van der Waals surface area contributed by atoms with Crippen LogP contribution < -0.4 is 0 Å². The second-order valence-corrected chi connectivity index (χ2v) is 12.4. The minimum Gasteiger partial charge on any atom is -0.147 e. The van der Waals surface area contributed by atoms with Crippen LogP contribution in [0.5, 0.6) is 0 Å². The van der Waals surface area contributed by atoms with E-state index in [9.17, 15) is 0 Å². The first-order valence-electron chi connectivity index (χ1n) is 5.25. The molecule has 1 aliphatic rings. The van der Waals surface area contributed by atoms with Crippen molar-refractivity contribution in [2.45, 2.75) is 52.4 Å². The molecule has 0 aliphatic heterocycles. The summed E-state index contributed by atoms with van der Waals surface area (Å²) in [4.78, 5) is 0. The molecule has 0 saturated heterocycles. The van der Waals surface area contributed by atoms with Gasteiger partial charge >= 0.3 is 105 Å². The second kappa shape index (κ2) is 7.29. The fraction of sp³-hybridized carbons (Fsp3) is 0.667. The summed E-state index contributed by atoms with van der Waals surface area (Å²) in [5.41, 5.74) is 4.77. The largest absolute Gasteiger partial charge is 0.147 e. The average molecular weight is 394 g/mol. The van der Waals surface area contributed by atoms with E-state index in [1.54, 1.807) is 44.7 Å². The van der Waals surface area contributed by atoms with Crippen molar-refractivity contribution in [3.8, 4) is 0 Å². The predicted molar refractivity (Wildman–Crippen MR) is 84.5 cm³/mol. The molecule has 0 N–H and O–H groups in total. The van der Waals surface area contributed by atoms with Crippen molar-refractivity contribution in [1.82, 2.24) is 0 Å². The van der Waals surface area contributed by atoms with Crippen molar-refractivity contribution in [3.05, 3.63) is 20.0 Å². The van der Waals surface area contributed by atoms with Crippen molar-refractivity contribution >= 4 is 45.3 Å². The van der Waals surface area contributed by atoms with Gasteiger partial charge in [0.15, 0.2) is 0 Å². The van der Waals surface area contributed by atoms with Crippen LogP contribution in [0.25, 0.3) is 0 Å². The molecule has 0 aromatic rings. The van der Waals surface area contributed by atoms with Gasteiger partial charge in [-0.1, -0.05) is 0 Å². The maximum atomic E-state index is 2.49. The van der Waals surface area contributed by atoms with Crippen molar-refractivity contribution < 1.29 is 24.7 Å².